The van der Waals surface area contributed by atoms with E-state index in [1.807, 2.05) is 0 Å². The fraction of sp³-hybridized carbons (Fsp3) is 0.308. The van der Waals surface area contributed by atoms with Gasteiger partial charge in [0.1, 0.15) is 10.7 Å². The summed E-state index contributed by atoms with van der Waals surface area (Å²) in [6.45, 7) is 0. The van der Waals surface area contributed by atoms with E-state index in [4.69, 9.17) is 4.42 Å². The molecule has 3 rings (SSSR count). The van der Waals surface area contributed by atoms with Crippen LogP contribution in [0.25, 0.3) is 0 Å². The molecular formula is C13H14N2O4S. The van der Waals surface area contributed by atoms with Gasteiger partial charge >= 0.3 is 0 Å². The molecule has 2 N–H and O–H groups in total. The van der Waals surface area contributed by atoms with Crippen molar-refractivity contribution in [2.24, 2.45) is 0 Å². The third kappa shape index (κ3) is 2.30. The number of pyridine rings is 1. The van der Waals surface area contributed by atoms with Crippen LogP contribution in [-0.2, 0) is 16.4 Å². The number of fused-ring (bicyclic) bond motifs is 1. The van der Waals surface area contributed by atoms with Crippen LogP contribution in [0.2, 0.25) is 0 Å². The quantitative estimate of drug-likeness (QED) is 0.893. The van der Waals surface area contributed by atoms with E-state index in [2.05, 4.69) is 9.71 Å². The van der Waals surface area contributed by atoms with Gasteiger partial charge in [-0.1, -0.05) is 0 Å². The first-order chi connectivity index (χ1) is 9.58. The maximum absolute atomic E-state index is 12.3. The smallest absolute Gasteiger partial charge is 0.246 e. The monoisotopic (exact) mass is 294 g/mol. The van der Waals surface area contributed by atoms with E-state index in [0.29, 0.717) is 6.42 Å². The number of sulfonamides is 1. The number of aryl methyl sites for hydroxylation is 1. The van der Waals surface area contributed by atoms with Crippen LogP contribution in [0.1, 0.15) is 30.2 Å². The van der Waals surface area contributed by atoms with Gasteiger partial charge in [-0.3, -0.25) is 4.79 Å². The Bertz CT molecular complexity index is 775. The van der Waals surface area contributed by atoms with Crippen LogP contribution in [0.15, 0.2) is 44.9 Å². The molecule has 0 aromatic carbocycles. The van der Waals surface area contributed by atoms with Gasteiger partial charge in [0.15, 0.2) is 0 Å². The van der Waals surface area contributed by atoms with Gasteiger partial charge in [0.05, 0.1) is 12.3 Å². The van der Waals surface area contributed by atoms with Crippen molar-refractivity contribution in [3.8, 4) is 0 Å². The molecule has 0 amide bonds. The molecule has 1 unspecified atom stereocenters. The molecule has 2 aromatic heterocycles. The van der Waals surface area contributed by atoms with Gasteiger partial charge in [-0.25, -0.2) is 13.1 Å². The van der Waals surface area contributed by atoms with Gasteiger partial charge in [0.2, 0.25) is 15.5 Å². The van der Waals surface area contributed by atoms with Crippen molar-refractivity contribution >= 4 is 10.0 Å². The van der Waals surface area contributed by atoms with Crippen LogP contribution in [-0.4, -0.2) is 13.4 Å². The van der Waals surface area contributed by atoms with Crippen molar-refractivity contribution in [3.05, 3.63) is 52.3 Å². The lowest BCUT2D eigenvalue weighted by atomic mass is 9.94. The van der Waals surface area contributed by atoms with Crippen LogP contribution < -0.4 is 10.2 Å². The van der Waals surface area contributed by atoms with E-state index in [9.17, 15) is 13.2 Å². The molecule has 1 aliphatic rings. The Labute approximate surface area is 115 Å². The summed E-state index contributed by atoms with van der Waals surface area (Å²) in [5.41, 5.74) is 0.326. The van der Waals surface area contributed by atoms with Crippen LogP contribution in [0, 0.1) is 0 Å². The highest BCUT2D eigenvalue weighted by atomic mass is 32.2. The van der Waals surface area contributed by atoms with E-state index >= 15 is 0 Å². The summed E-state index contributed by atoms with van der Waals surface area (Å²) in [4.78, 5) is 14.0. The SMILES string of the molecule is O=c1cc[nH]cc1S(=O)(=O)NC1CCCc2occc21. The summed E-state index contributed by atoms with van der Waals surface area (Å²) in [5, 5.41) is 0. The third-order valence-corrected chi connectivity index (χ3v) is 4.92. The maximum Gasteiger partial charge on any atom is 0.246 e. The number of hydrogen-bond acceptors (Lipinski definition) is 4. The third-order valence-electron chi connectivity index (χ3n) is 3.43. The van der Waals surface area contributed by atoms with Gasteiger partial charge in [0, 0.05) is 30.4 Å². The number of nitrogens with one attached hydrogen (secondary N) is 2. The summed E-state index contributed by atoms with van der Waals surface area (Å²) >= 11 is 0. The van der Waals surface area contributed by atoms with Crippen molar-refractivity contribution < 1.29 is 12.8 Å². The lowest BCUT2D eigenvalue weighted by Crippen LogP contribution is -2.33. The van der Waals surface area contributed by atoms with Crippen molar-refractivity contribution in [1.82, 2.24) is 9.71 Å². The zero-order chi connectivity index (χ0) is 14.2. The molecule has 1 atom stereocenters. The van der Waals surface area contributed by atoms with Gasteiger partial charge in [-0.2, -0.15) is 0 Å². The molecule has 0 fully saturated rings. The van der Waals surface area contributed by atoms with Crippen LogP contribution in [0.5, 0.6) is 0 Å². The number of hydrogen-bond donors (Lipinski definition) is 2. The fourth-order valence-corrected chi connectivity index (χ4v) is 3.77. The van der Waals surface area contributed by atoms with Gasteiger partial charge < -0.3 is 9.40 Å². The average Bonchev–Trinajstić information content (AvgIpc) is 2.88. The first-order valence-corrected chi connectivity index (χ1v) is 7.82. The summed E-state index contributed by atoms with van der Waals surface area (Å²) in [6.07, 6.45) is 6.51. The summed E-state index contributed by atoms with van der Waals surface area (Å²) < 4.78 is 32.5. The fourth-order valence-electron chi connectivity index (χ4n) is 2.47. The van der Waals surface area contributed by atoms with Crippen molar-refractivity contribution in [2.75, 3.05) is 0 Å². The summed E-state index contributed by atoms with van der Waals surface area (Å²) in [7, 11) is -3.85. The Morgan fingerprint density at radius 1 is 1.35 bits per heavy atom. The average molecular weight is 294 g/mol. The van der Waals surface area contributed by atoms with Crippen LogP contribution in [0.3, 0.4) is 0 Å². The maximum atomic E-state index is 12.3. The Hall–Kier alpha value is -1.86. The Morgan fingerprint density at radius 3 is 3.00 bits per heavy atom. The standard InChI is InChI=1S/C13H14N2O4S/c16-11-4-6-14-8-13(11)20(17,18)15-10-2-1-3-12-9(10)5-7-19-12/h4-8,10,15H,1-3H2,(H,14,16). The second-order valence-corrected chi connectivity index (χ2v) is 6.42. The van der Waals surface area contributed by atoms with Crippen molar-refractivity contribution in [1.29, 1.82) is 0 Å². The van der Waals surface area contributed by atoms with Crippen LogP contribution >= 0.6 is 0 Å². The molecule has 0 bridgehead atoms. The minimum Gasteiger partial charge on any atom is -0.469 e. The van der Waals surface area contributed by atoms with Gasteiger partial charge in [-0.05, 0) is 18.9 Å². The molecule has 106 valence electrons. The molecule has 6 nitrogen and oxygen atoms in total. The summed E-state index contributed by atoms with van der Waals surface area (Å²) in [6, 6.07) is 2.62. The molecule has 0 radical (unpaired) electrons. The van der Waals surface area contributed by atoms with E-state index in [1.54, 1.807) is 12.3 Å². The minimum absolute atomic E-state index is 0.268. The van der Waals surface area contributed by atoms with Crippen molar-refractivity contribution in [3.63, 3.8) is 0 Å². The second-order valence-electron chi connectivity index (χ2n) is 4.74. The predicted molar refractivity (Wildman–Crippen MR) is 71.8 cm³/mol. The zero-order valence-corrected chi connectivity index (χ0v) is 11.4. The number of H-pyrrole nitrogens is 1. The topological polar surface area (TPSA) is 92.2 Å². The molecule has 2 aromatic rings. The van der Waals surface area contributed by atoms with Crippen molar-refractivity contribution in [2.45, 2.75) is 30.2 Å². The van der Waals surface area contributed by atoms with E-state index < -0.39 is 15.5 Å². The molecule has 7 heteroatoms. The number of aromatic nitrogens is 1. The largest absolute Gasteiger partial charge is 0.469 e. The molecular weight excluding hydrogens is 280 g/mol. The minimum atomic E-state index is -3.85. The molecule has 0 saturated heterocycles. The Kier molecular flexibility index (Phi) is 3.23. The molecule has 2 heterocycles. The molecule has 0 aliphatic heterocycles. The van der Waals surface area contributed by atoms with Gasteiger partial charge in [-0.15, -0.1) is 0 Å². The zero-order valence-electron chi connectivity index (χ0n) is 10.6. The molecule has 0 spiro atoms. The lowest BCUT2D eigenvalue weighted by Gasteiger charge is -2.22. The number of rotatable bonds is 3. The lowest BCUT2D eigenvalue weighted by molar-refractivity contribution is 0.438. The van der Waals surface area contributed by atoms with Gasteiger partial charge in [0.25, 0.3) is 0 Å². The highest BCUT2D eigenvalue weighted by Crippen LogP contribution is 2.31. The van der Waals surface area contributed by atoms with Crippen LogP contribution in [0.4, 0.5) is 0 Å². The highest BCUT2D eigenvalue weighted by molar-refractivity contribution is 7.89. The Morgan fingerprint density at radius 2 is 2.20 bits per heavy atom. The number of aromatic amines is 1. The summed E-state index contributed by atoms with van der Waals surface area (Å²) in [5.74, 6) is 0.811. The highest BCUT2D eigenvalue weighted by Gasteiger charge is 2.28. The number of furan rings is 1. The predicted octanol–water partition coefficient (Wildman–Crippen LogP) is 1.32. The first kappa shape index (κ1) is 13.1. The Balaban J connectivity index is 1.93. The second kappa shape index (κ2) is 4.92. The van der Waals surface area contributed by atoms with E-state index in [0.717, 1.165) is 24.2 Å². The molecule has 20 heavy (non-hydrogen) atoms. The molecule has 1 aliphatic carbocycles. The van der Waals surface area contributed by atoms with E-state index in [-0.39, 0.29) is 10.9 Å². The first-order valence-electron chi connectivity index (χ1n) is 6.33. The van der Waals surface area contributed by atoms with E-state index in [1.165, 1.54) is 18.5 Å². The molecule has 0 saturated carbocycles. The normalized spacial score (nSPS) is 18.7.